The van der Waals surface area contributed by atoms with Gasteiger partial charge in [-0.05, 0) is 62.4 Å². The van der Waals surface area contributed by atoms with Gasteiger partial charge < -0.3 is 14.8 Å². The summed E-state index contributed by atoms with van der Waals surface area (Å²) >= 11 is 0. The Kier molecular flexibility index (Phi) is 7.35. The third-order valence-electron chi connectivity index (χ3n) is 4.20. The van der Waals surface area contributed by atoms with Crippen molar-refractivity contribution in [3.8, 4) is 5.75 Å². The smallest absolute Gasteiger partial charge is 0.338 e. The maximum absolute atomic E-state index is 12.4. The molecule has 0 radical (unpaired) electrons. The van der Waals surface area contributed by atoms with Crippen LogP contribution < -0.4 is 10.1 Å². The normalized spacial score (nSPS) is 11.4. The third-order valence-corrected chi connectivity index (χ3v) is 6.25. The van der Waals surface area contributed by atoms with Gasteiger partial charge in [-0.1, -0.05) is 0 Å². The van der Waals surface area contributed by atoms with Crippen LogP contribution >= 0.6 is 0 Å². The first-order chi connectivity index (χ1) is 13.6. The summed E-state index contributed by atoms with van der Waals surface area (Å²) in [6.45, 7) is 3.08. The molecule has 0 fully saturated rings. The van der Waals surface area contributed by atoms with Crippen LogP contribution in [0, 0.1) is 0 Å². The van der Waals surface area contributed by atoms with Crippen molar-refractivity contribution >= 4 is 27.6 Å². The molecular weight excluding hydrogens is 396 g/mol. The van der Waals surface area contributed by atoms with E-state index in [-0.39, 0.29) is 10.9 Å². The van der Waals surface area contributed by atoms with Crippen LogP contribution in [-0.2, 0) is 19.6 Å². The SMILES string of the molecule is COc1ccc(C(=O)OCC(=O)Nc2ccc(S(=O)(=O)N(C)C(C)C)cc2)cc1. The molecule has 0 aliphatic carbocycles. The molecule has 0 saturated heterocycles. The summed E-state index contributed by atoms with van der Waals surface area (Å²) in [6, 6.07) is 11.9. The zero-order valence-corrected chi connectivity index (χ0v) is 17.5. The van der Waals surface area contributed by atoms with Crippen molar-refractivity contribution in [2.75, 3.05) is 26.1 Å². The number of rotatable bonds is 8. The number of benzene rings is 2. The summed E-state index contributed by atoms with van der Waals surface area (Å²) in [5.74, 6) is -0.577. The van der Waals surface area contributed by atoms with E-state index in [0.29, 0.717) is 17.0 Å². The van der Waals surface area contributed by atoms with E-state index < -0.39 is 28.5 Å². The number of ether oxygens (including phenoxy) is 2. The number of carbonyl (C=O) groups excluding carboxylic acids is 2. The lowest BCUT2D eigenvalue weighted by molar-refractivity contribution is -0.119. The maximum atomic E-state index is 12.4. The van der Waals surface area contributed by atoms with Gasteiger partial charge in [0.25, 0.3) is 5.91 Å². The van der Waals surface area contributed by atoms with Crippen LogP contribution in [0.5, 0.6) is 5.75 Å². The number of nitrogens with zero attached hydrogens (tertiary/aromatic N) is 1. The fourth-order valence-corrected chi connectivity index (χ4v) is 3.66. The molecule has 0 unspecified atom stereocenters. The van der Waals surface area contributed by atoms with Crippen LogP contribution in [0.15, 0.2) is 53.4 Å². The van der Waals surface area contributed by atoms with Gasteiger partial charge in [-0.25, -0.2) is 13.2 Å². The Labute approximate surface area is 170 Å². The van der Waals surface area contributed by atoms with E-state index in [1.807, 2.05) is 0 Å². The first kappa shape index (κ1) is 22.4. The van der Waals surface area contributed by atoms with Gasteiger partial charge in [0.05, 0.1) is 17.6 Å². The molecule has 29 heavy (non-hydrogen) atoms. The van der Waals surface area contributed by atoms with E-state index in [0.717, 1.165) is 0 Å². The van der Waals surface area contributed by atoms with E-state index in [9.17, 15) is 18.0 Å². The van der Waals surface area contributed by atoms with E-state index in [1.54, 1.807) is 26.0 Å². The molecule has 2 aromatic rings. The molecule has 0 atom stereocenters. The quantitative estimate of drug-likeness (QED) is 0.659. The second kappa shape index (κ2) is 9.53. The molecule has 0 aliphatic rings. The highest BCUT2D eigenvalue weighted by Crippen LogP contribution is 2.19. The fourth-order valence-electron chi connectivity index (χ4n) is 2.29. The van der Waals surface area contributed by atoms with Crippen LogP contribution in [0.25, 0.3) is 0 Å². The van der Waals surface area contributed by atoms with Gasteiger partial charge in [0.2, 0.25) is 10.0 Å². The first-order valence-corrected chi connectivity index (χ1v) is 10.3. The molecule has 0 saturated carbocycles. The largest absolute Gasteiger partial charge is 0.497 e. The van der Waals surface area contributed by atoms with E-state index in [1.165, 1.54) is 54.9 Å². The highest BCUT2D eigenvalue weighted by molar-refractivity contribution is 7.89. The minimum absolute atomic E-state index is 0.123. The molecule has 1 N–H and O–H groups in total. The van der Waals surface area contributed by atoms with Gasteiger partial charge in [0, 0.05) is 18.8 Å². The van der Waals surface area contributed by atoms with Crippen molar-refractivity contribution in [1.82, 2.24) is 4.31 Å². The van der Waals surface area contributed by atoms with E-state index >= 15 is 0 Å². The number of nitrogens with one attached hydrogen (secondary N) is 1. The average Bonchev–Trinajstić information content (AvgIpc) is 2.71. The molecule has 8 nitrogen and oxygen atoms in total. The van der Waals surface area contributed by atoms with Crippen LogP contribution in [-0.4, -0.2) is 51.4 Å². The molecule has 1 amide bonds. The van der Waals surface area contributed by atoms with Gasteiger partial charge in [0.1, 0.15) is 5.75 Å². The summed E-state index contributed by atoms with van der Waals surface area (Å²) in [4.78, 5) is 24.1. The first-order valence-electron chi connectivity index (χ1n) is 8.84. The summed E-state index contributed by atoms with van der Waals surface area (Å²) in [5.41, 5.74) is 0.684. The van der Waals surface area contributed by atoms with Crippen LogP contribution in [0.4, 0.5) is 5.69 Å². The molecule has 0 heterocycles. The predicted octanol–water partition coefficient (Wildman–Crippen LogP) is 2.52. The summed E-state index contributed by atoms with van der Waals surface area (Å²) < 4.78 is 36.1. The van der Waals surface area contributed by atoms with Crippen LogP contribution in [0.2, 0.25) is 0 Å². The van der Waals surface area contributed by atoms with Gasteiger partial charge in [-0.3, -0.25) is 4.79 Å². The lowest BCUT2D eigenvalue weighted by Gasteiger charge is -2.21. The van der Waals surface area contributed by atoms with Crippen molar-refractivity contribution in [3.05, 3.63) is 54.1 Å². The Bertz CT molecular complexity index is 953. The van der Waals surface area contributed by atoms with E-state index in [4.69, 9.17) is 9.47 Å². The Balaban J connectivity index is 1.93. The molecule has 156 valence electrons. The second-order valence-corrected chi connectivity index (χ2v) is 8.49. The number of carbonyl (C=O) groups is 2. The molecule has 2 rings (SSSR count). The zero-order valence-electron chi connectivity index (χ0n) is 16.7. The van der Waals surface area contributed by atoms with Crippen LogP contribution in [0.1, 0.15) is 24.2 Å². The van der Waals surface area contributed by atoms with Crippen LogP contribution in [0.3, 0.4) is 0 Å². The average molecular weight is 420 g/mol. The van der Waals surface area contributed by atoms with E-state index in [2.05, 4.69) is 5.32 Å². The molecule has 9 heteroatoms. The predicted molar refractivity (Wildman–Crippen MR) is 108 cm³/mol. The third kappa shape index (κ3) is 5.78. The highest BCUT2D eigenvalue weighted by Gasteiger charge is 2.22. The highest BCUT2D eigenvalue weighted by atomic mass is 32.2. The monoisotopic (exact) mass is 420 g/mol. The number of methoxy groups -OCH3 is 1. The summed E-state index contributed by atoms with van der Waals surface area (Å²) in [7, 11) is -0.575. The lowest BCUT2D eigenvalue weighted by atomic mass is 10.2. The fraction of sp³-hybridized carbons (Fsp3) is 0.300. The van der Waals surface area contributed by atoms with Crippen molar-refractivity contribution in [1.29, 1.82) is 0 Å². The Hall–Kier alpha value is -2.91. The molecule has 0 bridgehead atoms. The maximum Gasteiger partial charge on any atom is 0.338 e. The molecule has 0 aromatic heterocycles. The summed E-state index contributed by atoms with van der Waals surface area (Å²) in [5, 5.41) is 2.55. The topological polar surface area (TPSA) is 102 Å². The van der Waals surface area contributed by atoms with Gasteiger partial charge in [-0.2, -0.15) is 4.31 Å². The van der Waals surface area contributed by atoms with Gasteiger partial charge in [0.15, 0.2) is 6.61 Å². The lowest BCUT2D eigenvalue weighted by Crippen LogP contribution is -2.33. The standard InChI is InChI=1S/C20H24N2O6S/c1-14(2)22(3)29(25,26)18-11-7-16(8-12-18)21-19(23)13-28-20(24)15-5-9-17(27-4)10-6-15/h5-12,14H,13H2,1-4H3,(H,21,23). The van der Waals surface area contributed by atoms with Crippen molar-refractivity contribution in [3.63, 3.8) is 0 Å². The molecule has 2 aromatic carbocycles. The number of sulfonamides is 1. The molecular formula is C20H24N2O6S. The van der Waals surface area contributed by atoms with Gasteiger partial charge in [-0.15, -0.1) is 0 Å². The minimum atomic E-state index is -3.60. The number of amides is 1. The molecule has 0 spiro atoms. The number of esters is 1. The number of anilines is 1. The van der Waals surface area contributed by atoms with Crippen molar-refractivity contribution < 1.29 is 27.5 Å². The van der Waals surface area contributed by atoms with Crippen molar-refractivity contribution in [2.24, 2.45) is 0 Å². The zero-order chi connectivity index (χ0) is 21.6. The summed E-state index contributed by atoms with van der Waals surface area (Å²) in [6.07, 6.45) is 0. The second-order valence-electron chi connectivity index (χ2n) is 6.49. The number of hydrogen-bond acceptors (Lipinski definition) is 6. The van der Waals surface area contributed by atoms with Crippen molar-refractivity contribution in [2.45, 2.75) is 24.8 Å². The minimum Gasteiger partial charge on any atom is -0.497 e. The Morgan fingerprint density at radius 3 is 2.14 bits per heavy atom. The Morgan fingerprint density at radius 2 is 1.62 bits per heavy atom. The molecule has 0 aliphatic heterocycles. The number of hydrogen-bond donors (Lipinski definition) is 1. The van der Waals surface area contributed by atoms with Gasteiger partial charge >= 0.3 is 5.97 Å². The Morgan fingerprint density at radius 1 is 1.03 bits per heavy atom.